The lowest BCUT2D eigenvalue weighted by atomic mass is 9.63. The Bertz CT molecular complexity index is 475. The first-order chi connectivity index (χ1) is 10.4. The van der Waals surface area contributed by atoms with Gasteiger partial charge in [0.25, 0.3) is 0 Å². The third-order valence-corrected chi connectivity index (χ3v) is 5.44. The summed E-state index contributed by atoms with van der Waals surface area (Å²) in [5.41, 5.74) is -2.24. The number of ether oxygens (including phenoxy) is 1. The second-order valence-electron chi connectivity index (χ2n) is 6.64. The summed E-state index contributed by atoms with van der Waals surface area (Å²) in [5.74, 6) is -1.16. The van der Waals surface area contributed by atoms with E-state index in [9.17, 15) is 14.5 Å². The zero-order valence-corrected chi connectivity index (χ0v) is 13.8. The van der Waals surface area contributed by atoms with E-state index in [0.717, 1.165) is 25.7 Å². The van der Waals surface area contributed by atoms with Gasteiger partial charge in [-0.15, -0.1) is 0 Å². The molecule has 0 bridgehead atoms. The monoisotopic (exact) mass is 310 g/mol. The summed E-state index contributed by atoms with van der Waals surface area (Å²) in [6.07, 6.45) is 3.99. The van der Waals surface area contributed by atoms with Gasteiger partial charge in [-0.2, -0.15) is 4.91 Å². The Hall–Kier alpha value is -1.46. The molecule has 124 valence electrons. The molecule has 2 aliphatic heterocycles. The Labute approximate surface area is 131 Å². The fourth-order valence-electron chi connectivity index (χ4n) is 4.35. The number of carbonyl (C=O) groups excluding carboxylic acids is 2. The summed E-state index contributed by atoms with van der Waals surface area (Å²) in [7, 11) is 0. The van der Waals surface area contributed by atoms with Gasteiger partial charge in [0.1, 0.15) is 6.04 Å². The Kier molecular flexibility index (Phi) is 4.59. The molecular formula is C16H26N2O4. The molecule has 0 aromatic rings. The zero-order valence-electron chi connectivity index (χ0n) is 13.8. The van der Waals surface area contributed by atoms with Gasteiger partial charge in [0.05, 0.1) is 5.92 Å². The Morgan fingerprint density at radius 2 is 1.82 bits per heavy atom. The van der Waals surface area contributed by atoms with Gasteiger partial charge in [-0.05, 0) is 32.1 Å². The highest BCUT2D eigenvalue weighted by molar-refractivity contribution is 6.02. The Balaban J connectivity index is 2.43. The molecule has 2 aliphatic rings. The van der Waals surface area contributed by atoms with Crippen molar-refractivity contribution in [3.8, 4) is 0 Å². The molecule has 6 heteroatoms. The maximum absolute atomic E-state index is 12.3. The minimum absolute atomic E-state index is 0.0180. The number of nitroso groups, excluding NO2 is 1. The molecule has 4 atom stereocenters. The smallest absolute Gasteiger partial charge is 0.339 e. The highest BCUT2D eigenvalue weighted by Crippen LogP contribution is 2.54. The van der Waals surface area contributed by atoms with Crippen LogP contribution < -0.4 is 5.32 Å². The Morgan fingerprint density at radius 1 is 1.23 bits per heavy atom. The quantitative estimate of drug-likeness (QED) is 0.551. The van der Waals surface area contributed by atoms with Crippen LogP contribution in [0.5, 0.6) is 0 Å². The number of amides is 1. The van der Waals surface area contributed by atoms with Gasteiger partial charge in [0.2, 0.25) is 11.4 Å². The number of nitrogens with zero attached hydrogens (tertiary/aromatic N) is 1. The number of nitrogens with one attached hydrogen (secondary N) is 1. The molecule has 0 radical (unpaired) electrons. The van der Waals surface area contributed by atoms with Crippen molar-refractivity contribution < 1.29 is 14.3 Å². The third-order valence-electron chi connectivity index (χ3n) is 5.44. The lowest BCUT2D eigenvalue weighted by Crippen LogP contribution is -2.79. The summed E-state index contributed by atoms with van der Waals surface area (Å²) in [4.78, 5) is 36.3. The molecular weight excluding hydrogens is 284 g/mol. The molecule has 0 aromatic heterocycles. The summed E-state index contributed by atoms with van der Waals surface area (Å²) in [6.45, 7) is 7.73. The highest BCUT2D eigenvalue weighted by Gasteiger charge is 2.79. The molecule has 0 aliphatic carbocycles. The van der Waals surface area contributed by atoms with Crippen LogP contribution in [0.25, 0.3) is 0 Å². The van der Waals surface area contributed by atoms with Crippen molar-refractivity contribution in [3.63, 3.8) is 0 Å². The van der Waals surface area contributed by atoms with E-state index in [1.54, 1.807) is 6.92 Å². The highest BCUT2D eigenvalue weighted by atomic mass is 16.6. The van der Waals surface area contributed by atoms with Crippen molar-refractivity contribution in [2.75, 3.05) is 0 Å². The van der Waals surface area contributed by atoms with Crippen molar-refractivity contribution >= 4 is 11.9 Å². The molecule has 2 fully saturated rings. The minimum Gasteiger partial charge on any atom is -0.453 e. The van der Waals surface area contributed by atoms with Gasteiger partial charge in [-0.1, -0.05) is 38.8 Å². The van der Waals surface area contributed by atoms with E-state index in [-0.39, 0.29) is 11.8 Å². The average Bonchev–Trinajstić information content (AvgIpc) is 2.64. The number of esters is 1. The van der Waals surface area contributed by atoms with E-state index in [1.165, 1.54) is 0 Å². The first-order valence-corrected chi connectivity index (χ1v) is 8.30. The zero-order chi connectivity index (χ0) is 16.5. The van der Waals surface area contributed by atoms with Gasteiger partial charge in [0, 0.05) is 0 Å². The molecule has 6 nitrogen and oxygen atoms in total. The molecule has 0 spiro atoms. The van der Waals surface area contributed by atoms with Crippen LogP contribution in [-0.2, 0) is 14.3 Å². The topological polar surface area (TPSA) is 84.8 Å². The van der Waals surface area contributed by atoms with Gasteiger partial charge >= 0.3 is 5.97 Å². The SMILES string of the molecule is CCCC(CCC)C(N=O)C12NC(=O)C(CC)C1(C)OC2=O. The fraction of sp³-hybridized carbons (Fsp3) is 0.875. The van der Waals surface area contributed by atoms with Crippen molar-refractivity contribution in [1.29, 1.82) is 0 Å². The van der Waals surface area contributed by atoms with Crippen molar-refractivity contribution in [3.05, 3.63) is 4.91 Å². The standard InChI is InChI=1S/C16H26N2O4/c1-5-8-10(9-6-2)12(18-21)16-14(20)22-15(16,4)11(7-3)13(19)17-16/h10-12H,5-9H2,1-4H3,(H,17,19). The third kappa shape index (κ3) is 1.99. The molecule has 4 unspecified atom stereocenters. The maximum Gasteiger partial charge on any atom is 0.339 e. The van der Waals surface area contributed by atoms with Crippen LogP contribution >= 0.6 is 0 Å². The van der Waals surface area contributed by atoms with Crippen LogP contribution in [0.2, 0.25) is 0 Å². The van der Waals surface area contributed by atoms with E-state index in [0.29, 0.717) is 6.42 Å². The summed E-state index contributed by atoms with van der Waals surface area (Å²) >= 11 is 0. The minimum atomic E-state index is -1.28. The molecule has 22 heavy (non-hydrogen) atoms. The number of hydrogen-bond donors (Lipinski definition) is 1. The fourth-order valence-corrected chi connectivity index (χ4v) is 4.35. The first-order valence-electron chi connectivity index (χ1n) is 8.30. The summed E-state index contributed by atoms with van der Waals surface area (Å²) in [6, 6.07) is -0.765. The molecule has 2 heterocycles. The Morgan fingerprint density at radius 3 is 2.23 bits per heavy atom. The van der Waals surface area contributed by atoms with E-state index in [2.05, 4.69) is 10.5 Å². The van der Waals surface area contributed by atoms with Gasteiger partial charge in [-0.3, -0.25) is 4.79 Å². The lowest BCUT2D eigenvalue weighted by Gasteiger charge is -2.54. The second-order valence-corrected chi connectivity index (χ2v) is 6.64. The van der Waals surface area contributed by atoms with Crippen molar-refractivity contribution in [1.82, 2.24) is 5.32 Å². The molecule has 2 saturated heterocycles. The van der Waals surface area contributed by atoms with Crippen LogP contribution in [0.1, 0.15) is 59.8 Å². The van der Waals surface area contributed by atoms with Gasteiger partial charge in [-0.25, -0.2) is 4.79 Å². The van der Waals surface area contributed by atoms with E-state index < -0.39 is 29.1 Å². The summed E-state index contributed by atoms with van der Waals surface area (Å²) < 4.78 is 5.40. The largest absolute Gasteiger partial charge is 0.453 e. The molecule has 0 saturated carbocycles. The predicted octanol–water partition coefficient (Wildman–Crippen LogP) is 2.55. The van der Waals surface area contributed by atoms with Crippen molar-refractivity contribution in [2.45, 2.75) is 77.0 Å². The van der Waals surface area contributed by atoms with E-state index in [4.69, 9.17) is 4.74 Å². The first kappa shape index (κ1) is 16.9. The summed E-state index contributed by atoms with van der Waals surface area (Å²) in [5, 5.41) is 6.11. The number of rotatable bonds is 8. The van der Waals surface area contributed by atoms with Crippen LogP contribution in [0.15, 0.2) is 5.18 Å². The molecule has 2 rings (SSSR count). The van der Waals surface area contributed by atoms with Crippen LogP contribution in [0.3, 0.4) is 0 Å². The number of fused-ring (bicyclic) bond motifs is 1. The van der Waals surface area contributed by atoms with Crippen LogP contribution in [0.4, 0.5) is 0 Å². The molecule has 1 amide bonds. The van der Waals surface area contributed by atoms with Gasteiger partial charge in [0.15, 0.2) is 5.60 Å². The lowest BCUT2D eigenvalue weighted by molar-refractivity contribution is -0.225. The maximum atomic E-state index is 12.3. The number of hydrogen-bond acceptors (Lipinski definition) is 5. The number of carbonyl (C=O) groups is 2. The van der Waals surface area contributed by atoms with Gasteiger partial charge < -0.3 is 10.1 Å². The van der Waals surface area contributed by atoms with Crippen LogP contribution in [-0.4, -0.2) is 29.1 Å². The predicted molar refractivity (Wildman–Crippen MR) is 82.0 cm³/mol. The molecule has 1 N–H and O–H groups in total. The average molecular weight is 310 g/mol. The van der Waals surface area contributed by atoms with E-state index >= 15 is 0 Å². The molecule has 0 aromatic carbocycles. The second kappa shape index (κ2) is 5.97. The normalized spacial score (nSPS) is 34.7. The van der Waals surface area contributed by atoms with E-state index in [1.807, 2.05) is 20.8 Å². The van der Waals surface area contributed by atoms with Crippen LogP contribution in [0, 0.1) is 16.7 Å². The van der Waals surface area contributed by atoms with Crippen molar-refractivity contribution in [2.24, 2.45) is 17.0 Å².